The first kappa shape index (κ1) is 41.4. The summed E-state index contributed by atoms with van der Waals surface area (Å²) >= 11 is 5.53. The maximum Gasteiger partial charge on any atom is 0.276 e. The normalized spacial score (nSPS) is 24.3. The van der Waals surface area contributed by atoms with E-state index in [4.69, 9.17) is 26.2 Å². The van der Waals surface area contributed by atoms with Crippen LogP contribution in [-0.2, 0) is 21.9 Å². The fraction of sp³-hybridized carbons (Fsp3) is 0.488. The molecule has 6 unspecified atom stereocenters. The van der Waals surface area contributed by atoms with Crippen LogP contribution < -0.4 is 16.4 Å². The lowest BCUT2D eigenvalue weighted by Gasteiger charge is -2.16. The van der Waals surface area contributed by atoms with Crippen LogP contribution in [0, 0.1) is 11.8 Å². The monoisotopic (exact) mass is 810 g/mol. The minimum Gasteiger partial charge on any atom is -0.381 e. The number of hydrogen-bond acceptors (Lipinski definition) is 10. The van der Waals surface area contributed by atoms with Crippen molar-refractivity contribution >= 4 is 22.6 Å². The minimum absolute atomic E-state index is 0. The zero-order chi connectivity index (χ0) is 39.3. The molecule has 0 saturated carbocycles. The highest BCUT2D eigenvalue weighted by molar-refractivity contribution is 6.17. The fourth-order valence-corrected chi connectivity index (χ4v) is 8.55. The molecule has 0 spiro atoms. The molecule has 6 atom stereocenters. The number of likely N-dealkylation sites (tertiary alicyclic amines) is 1. The predicted octanol–water partition coefficient (Wildman–Crippen LogP) is 5.46. The Kier molecular flexibility index (Phi) is 13.5. The Bertz CT molecular complexity index is 2350. The van der Waals surface area contributed by atoms with Gasteiger partial charge in [0.25, 0.3) is 11.1 Å². The number of fused-ring (bicyclic) bond motifs is 2. The third-order valence-electron chi connectivity index (χ3n) is 11.6. The number of benzene rings is 2. The van der Waals surface area contributed by atoms with Crippen LogP contribution in [0.4, 0.5) is 0 Å². The number of hydrogen-bond donors (Lipinski definition) is 3. The van der Waals surface area contributed by atoms with Gasteiger partial charge >= 0.3 is 0 Å². The number of ether oxygens (including phenoxy) is 2. The van der Waals surface area contributed by atoms with Crippen molar-refractivity contribution in [1.29, 1.82) is 0 Å². The molecule has 4 aromatic heterocycles. The van der Waals surface area contributed by atoms with Gasteiger partial charge in [0.05, 0.1) is 25.6 Å². The van der Waals surface area contributed by atoms with Gasteiger partial charge in [-0.25, -0.2) is 19.0 Å². The van der Waals surface area contributed by atoms with E-state index >= 15 is 0 Å². The van der Waals surface area contributed by atoms with Crippen molar-refractivity contribution < 1.29 is 9.47 Å². The highest BCUT2D eigenvalue weighted by Gasteiger charge is 2.34. The lowest BCUT2D eigenvalue weighted by Crippen LogP contribution is -2.23. The molecule has 0 amide bonds. The molecular formula is C43H55ClN10O4. The zero-order valence-electron chi connectivity index (χ0n) is 32.5. The van der Waals surface area contributed by atoms with Crippen molar-refractivity contribution in [1.82, 2.24) is 49.4 Å². The first-order valence-electron chi connectivity index (χ1n) is 20.0. The fourth-order valence-electron chi connectivity index (χ4n) is 8.37. The predicted molar refractivity (Wildman–Crippen MR) is 225 cm³/mol. The average molecular weight is 811 g/mol. The number of halogens is 1. The molecule has 4 aliphatic rings. The molecule has 14 nitrogen and oxygen atoms in total. The summed E-state index contributed by atoms with van der Waals surface area (Å²) in [7, 11) is 0. The van der Waals surface area contributed by atoms with Crippen LogP contribution in [0.1, 0.15) is 92.2 Å². The molecule has 0 radical (unpaired) electrons. The summed E-state index contributed by atoms with van der Waals surface area (Å²) < 4.78 is 14.4. The maximum absolute atomic E-state index is 12.7. The van der Waals surface area contributed by atoms with Crippen LogP contribution in [0.2, 0.25) is 0 Å². The van der Waals surface area contributed by atoms with Crippen LogP contribution in [0.15, 0.2) is 82.6 Å². The van der Waals surface area contributed by atoms with E-state index in [0.717, 1.165) is 82.1 Å². The molecule has 10 rings (SSSR count). The molecule has 15 heteroatoms. The molecule has 58 heavy (non-hydrogen) atoms. The summed E-state index contributed by atoms with van der Waals surface area (Å²) in [5.41, 5.74) is 3.28. The van der Waals surface area contributed by atoms with Crippen LogP contribution in [-0.4, -0.2) is 96.7 Å². The van der Waals surface area contributed by atoms with E-state index in [1.165, 1.54) is 11.1 Å². The van der Waals surface area contributed by atoms with Crippen molar-refractivity contribution in [3.8, 4) is 0 Å². The smallest absolute Gasteiger partial charge is 0.276 e. The van der Waals surface area contributed by atoms with E-state index in [9.17, 15) is 9.59 Å². The maximum atomic E-state index is 12.7. The molecule has 6 aromatic rings. The minimum atomic E-state index is -0.114. The molecule has 4 fully saturated rings. The Morgan fingerprint density at radius 2 is 1.24 bits per heavy atom. The lowest BCUT2D eigenvalue weighted by atomic mass is 9.97. The Balaban J connectivity index is 0.000000150. The lowest BCUT2D eigenvalue weighted by molar-refractivity contribution is 0.193. The van der Waals surface area contributed by atoms with Crippen molar-refractivity contribution in [3.05, 3.63) is 128 Å². The average Bonchev–Trinajstić information content (AvgIpc) is 4.08. The summed E-state index contributed by atoms with van der Waals surface area (Å²) in [4.78, 5) is 42.2. The number of alkyl halides is 1. The van der Waals surface area contributed by atoms with E-state index in [1.54, 1.807) is 21.4 Å². The van der Waals surface area contributed by atoms with Crippen LogP contribution in [0.25, 0.3) is 11.0 Å². The Hall–Kier alpha value is -4.73. The molecule has 4 aliphatic heterocycles. The molecule has 3 N–H and O–H groups in total. The Labute approximate surface area is 343 Å². The quantitative estimate of drug-likeness (QED) is 0.177. The Morgan fingerprint density at radius 1 is 0.707 bits per heavy atom. The summed E-state index contributed by atoms with van der Waals surface area (Å²) in [6.45, 7) is 11.8. The Morgan fingerprint density at radius 3 is 1.71 bits per heavy atom. The van der Waals surface area contributed by atoms with Gasteiger partial charge in [0, 0.05) is 68.9 Å². The van der Waals surface area contributed by atoms with Crippen LogP contribution in [0.3, 0.4) is 0 Å². The van der Waals surface area contributed by atoms with Gasteiger partial charge in [0.15, 0.2) is 11.0 Å². The molecule has 308 valence electrons. The number of aromatic amines is 2. The summed E-state index contributed by atoms with van der Waals surface area (Å²) in [5.74, 6) is 5.59. The second kappa shape index (κ2) is 18.9. The van der Waals surface area contributed by atoms with E-state index < -0.39 is 0 Å². The standard InChI is InChI=1S/C21H25N5O2.C14H19N5O2.C7H7Cl.CH4/c1-14-10-25(11-15-5-3-2-4-6-15)12-17(14)19-23-21(27)18-9-22-20(26(18)24-19)16-7-8-28-13-16;1-8-4-15-5-10(8)12-17-14(20)11-6-16-13(19(11)18-12)9-2-3-21-7-9;8-6-7-4-2-1-3-5-7;/h2-6,9,14,16-17H,7-8,10-13H2,1H3,(H,23,24,27);6,8-10,15H,2-5,7H2,1H3,(H,17,18,20);1-5H,6H2;1H4. The number of aromatic nitrogens is 8. The van der Waals surface area contributed by atoms with Gasteiger partial charge in [-0.1, -0.05) is 81.9 Å². The van der Waals surface area contributed by atoms with Gasteiger partial charge in [0.2, 0.25) is 0 Å². The van der Waals surface area contributed by atoms with Gasteiger partial charge in [-0.3, -0.25) is 14.5 Å². The number of rotatable bonds is 7. The van der Waals surface area contributed by atoms with E-state index in [-0.39, 0.29) is 42.2 Å². The topological polar surface area (TPSA) is 160 Å². The largest absolute Gasteiger partial charge is 0.381 e. The van der Waals surface area contributed by atoms with Crippen molar-refractivity contribution in [2.24, 2.45) is 11.8 Å². The van der Waals surface area contributed by atoms with Gasteiger partial charge in [-0.05, 0) is 42.3 Å². The summed E-state index contributed by atoms with van der Waals surface area (Å²) in [5, 5.41) is 12.9. The number of nitrogens with one attached hydrogen (secondary N) is 3. The summed E-state index contributed by atoms with van der Waals surface area (Å²) in [6, 6.07) is 20.5. The zero-order valence-corrected chi connectivity index (χ0v) is 33.3. The van der Waals surface area contributed by atoms with Gasteiger partial charge in [-0.2, -0.15) is 10.2 Å². The van der Waals surface area contributed by atoms with Crippen molar-refractivity contribution in [2.45, 2.75) is 70.2 Å². The van der Waals surface area contributed by atoms with Crippen LogP contribution >= 0.6 is 11.6 Å². The second-order valence-electron chi connectivity index (χ2n) is 15.8. The second-order valence-corrected chi connectivity index (χ2v) is 16.0. The van der Waals surface area contributed by atoms with E-state index in [1.807, 2.05) is 36.4 Å². The third-order valence-corrected chi connectivity index (χ3v) is 11.9. The molecule has 8 heterocycles. The number of H-pyrrole nitrogens is 2. The first-order chi connectivity index (χ1) is 27.9. The van der Waals surface area contributed by atoms with Crippen molar-refractivity contribution in [2.75, 3.05) is 52.6 Å². The first-order valence-corrected chi connectivity index (χ1v) is 20.6. The van der Waals surface area contributed by atoms with Gasteiger partial charge < -0.3 is 24.8 Å². The van der Waals surface area contributed by atoms with E-state index in [2.05, 4.69) is 73.4 Å². The van der Waals surface area contributed by atoms with Gasteiger partial charge in [-0.15, -0.1) is 11.6 Å². The highest BCUT2D eigenvalue weighted by atomic mass is 35.5. The molecule has 0 bridgehead atoms. The molecular weight excluding hydrogens is 756 g/mol. The van der Waals surface area contributed by atoms with Crippen LogP contribution in [0.5, 0.6) is 0 Å². The van der Waals surface area contributed by atoms with Crippen molar-refractivity contribution in [3.63, 3.8) is 0 Å². The summed E-state index contributed by atoms with van der Waals surface area (Å²) in [6.07, 6.45) is 5.10. The SMILES string of the molecule is C.CC1CN(Cc2ccccc2)CC1c1nn2c(C3CCOC3)ncc2c(=O)[nH]1.CC1CNCC1c1nn2c(C3CCOC3)ncc2c(=O)[nH]1.ClCc1ccccc1. The third kappa shape index (κ3) is 9.11. The molecule has 2 aromatic carbocycles. The molecule has 0 aliphatic carbocycles. The van der Waals surface area contributed by atoms with E-state index in [0.29, 0.717) is 42.0 Å². The number of nitrogens with zero attached hydrogens (tertiary/aromatic N) is 7. The molecule has 4 saturated heterocycles. The van der Waals surface area contributed by atoms with Gasteiger partial charge in [0.1, 0.15) is 23.3 Å². The number of imidazole rings is 2. The highest BCUT2D eigenvalue weighted by Crippen LogP contribution is 2.32.